The minimum atomic E-state index is -0.108. The predicted molar refractivity (Wildman–Crippen MR) is 237 cm³/mol. The van der Waals surface area contributed by atoms with Gasteiger partial charge in [0, 0.05) is 42.3 Å². The van der Waals surface area contributed by atoms with E-state index in [0.29, 0.717) is 5.82 Å². The lowest BCUT2D eigenvalue weighted by Gasteiger charge is -2.22. The van der Waals surface area contributed by atoms with Crippen molar-refractivity contribution in [3.05, 3.63) is 193 Å². The maximum absolute atomic E-state index is 5.27. The molecule has 0 atom stereocenters. The van der Waals surface area contributed by atoms with Gasteiger partial charge in [-0.1, -0.05) is 159 Å². The molecule has 56 heavy (non-hydrogen) atoms. The molecule has 0 saturated carbocycles. The third-order valence-corrected chi connectivity index (χ3v) is 12.8. The lowest BCUT2D eigenvalue weighted by atomic mass is 9.81. The van der Waals surface area contributed by atoms with Gasteiger partial charge in [0.2, 0.25) is 0 Å². The first kappa shape index (κ1) is 32.7. The zero-order chi connectivity index (χ0) is 37.4. The third kappa shape index (κ3) is 5.23. The summed E-state index contributed by atoms with van der Waals surface area (Å²) in [7, 11) is 0. The van der Waals surface area contributed by atoms with E-state index in [1.54, 1.807) is 0 Å². The Labute approximate surface area is 330 Å². The van der Waals surface area contributed by atoms with Crippen LogP contribution in [0.2, 0.25) is 0 Å². The Kier molecular flexibility index (Phi) is 7.42. The largest absolute Gasteiger partial charge is 0.228 e. The van der Waals surface area contributed by atoms with Gasteiger partial charge in [0.25, 0.3) is 0 Å². The summed E-state index contributed by atoms with van der Waals surface area (Å²) < 4.78 is 2.60. The molecule has 3 heteroatoms. The molecule has 0 bridgehead atoms. The van der Waals surface area contributed by atoms with Crippen LogP contribution in [0.3, 0.4) is 0 Å². The van der Waals surface area contributed by atoms with Crippen molar-refractivity contribution in [2.24, 2.45) is 0 Å². The van der Waals surface area contributed by atoms with Gasteiger partial charge in [0.15, 0.2) is 5.82 Å². The molecule has 2 nitrogen and oxygen atoms in total. The second-order valence-electron chi connectivity index (χ2n) is 15.4. The van der Waals surface area contributed by atoms with Crippen LogP contribution in [0.5, 0.6) is 0 Å². The Bertz CT molecular complexity index is 3170. The summed E-state index contributed by atoms with van der Waals surface area (Å²) in [6, 6.07) is 65.9. The van der Waals surface area contributed by atoms with Gasteiger partial charge in [-0.15, -0.1) is 11.3 Å². The summed E-state index contributed by atoms with van der Waals surface area (Å²) in [4.78, 5) is 10.5. The van der Waals surface area contributed by atoms with Crippen molar-refractivity contribution in [2.75, 3.05) is 0 Å². The molecule has 0 N–H and O–H groups in total. The number of nitrogens with zero attached hydrogens (tertiary/aromatic N) is 2. The molecule has 0 amide bonds. The van der Waals surface area contributed by atoms with Crippen molar-refractivity contribution >= 4 is 42.3 Å². The van der Waals surface area contributed by atoms with Gasteiger partial charge in [-0.2, -0.15) is 0 Å². The molecule has 0 spiro atoms. The van der Waals surface area contributed by atoms with Crippen LogP contribution < -0.4 is 0 Å². The molecule has 8 aromatic carbocycles. The molecular formula is C53H36N2S. The van der Waals surface area contributed by atoms with E-state index in [4.69, 9.17) is 9.97 Å². The zero-order valence-corrected chi connectivity index (χ0v) is 31.9. The summed E-state index contributed by atoms with van der Waals surface area (Å²) in [5.74, 6) is 0.710. The predicted octanol–water partition coefficient (Wildman–Crippen LogP) is 14.6. The number of hydrogen-bond donors (Lipinski definition) is 0. The summed E-state index contributed by atoms with van der Waals surface area (Å²) in [6.07, 6.45) is 0. The van der Waals surface area contributed by atoms with Crippen molar-refractivity contribution in [3.8, 4) is 67.3 Å². The van der Waals surface area contributed by atoms with Crippen LogP contribution in [-0.2, 0) is 5.41 Å². The van der Waals surface area contributed by atoms with E-state index in [9.17, 15) is 0 Å². The molecule has 10 aromatic rings. The van der Waals surface area contributed by atoms with Gasteiger partial charge in [-0.3, -0.25) is 0 Å². The minimum Gasteiger partial charge on any atom is -0.228 e. The average Bonchev–Trinajstić information content (AvgIpc) is 3.74. The summed E-state index contributed by atoms with van der Waals surface area (Å²) >= 11 is 1.85. The highest BCUT2D eigenvalue weighted by molar-refractivity contribution is 7.25. The van der Waals surface area contributed by atoms with Crippen molar-refractivity contribution < 1.29 is 0 Å². The van der Waals surface area contributed by atoms with Crippen LogP contribution >= 0.6 is 11.3 Å². The Hall–Kier alpha value is -6.68. The molecular weight excluding hydrogens is 697 g/mol. The fourth-order valence-corrected chi connectivity index (χ4v) is 10.0. The van der Waals surface area contributed by atoms with Crippen molar-refractivity contribution in [3.63, 3.8) is 0 Å². The van der Waals surface area contributed by atoms with E-state index in [0.717, 1.165) is 33.6 Å². The number of aromatic nitrogens is 2. The Morgan fingerprint density at radius 1 is 0.393 bits per heavy atom. The minimum absolute atomic E-state index is 0.108. The Balaban J connectivity index is 1.07. The van der Waals surface area contributed by atoms with E-state index in [1.807, 2.05) is 17.4 Å². The van der Waals surface area contributed by atoms with Crippen molar-refractivity contribution in [2.45, 2.75) is 19.3 Å². The molecule has 0 radical (unpaired) electrons. The van der Waals surface area contributed by atoms with Gasteiger partial charge in [-0.25, -0.2) is 9.97 Å². The molecule has 2 heterocycles. The van der Waals surface area contributed by atoms with E-state index in [1.165, 1.54) is 69.9 Å². The van der Waals surface area contributed by atoms with Crippen LogP contribution in [0.25, 0.3) is 98.2 Å². The molecule has 0 unspecified atom stereocenters. The zero-order valence-electron chi connectivity index (χ0n) is 31.1. The van der Waals surface area contributed by atoms with Crippen LogP contribution in [0.1, 0.15) is 25.0 Å². The number of hydrogen-bond acceptors (Lipinski definition) is 3. The first-order valence-corrected chi connectivity index (χ1v) is 20.0. The maximum Gasteiger partial charge on any atom is 0.160 e. The number of fused-ring (bicyclic) bond motifs is 7. The lowest BCUT2D eigenvalue weighted by Crippen LogP contribution is -2.14. The first-order chi connectivity index (χ1) is 27.5. The fraction of sp³-hybridized carbons (Fsp3) is 0.0566. The van der Waals surface area contributed by atoms with Crippen LogP contribution in [0.15, 0.2) is 182 Å². The van der Waals surface area contributed by atoms with Crippen molar-refractivity contribution in [1.82, 2.24) is 9.97 Å². The smallest absolute Gasteiger partial charge is 0.160 e. The van der Waals surface area contributed by atoms with Crippen LogP contribution in [-0.4, -0.2) is 9.97 Å². The molecule has 11 rings (SSSR count). The molecule has 1 aliphatic rings. The quantitative estimate of drug-likeness (QED) is 0.176. The molecule has 0 fully saturated rings. The van der Waals surface area contributed by atoms with Gasteiger partial charge >= 0.3 is 0 Å². The van der Waals surface area contributed by atoms with Gasteiger partial charge in [0.1, 0.15) is 0 Å². The molecule has 2 aromatic heterocycles. The van der Waals surface area contributed by atoms with E-state index < -0.39 is 0 Å². The van der Waals surface area contributed by atoms with Crippen LogP contribution in [0.4, 0.5) is 0 Å². The Morgan fingerprint density at radius 3 is 1.91 bits per heavy atom. The standard InChI is InChI=1S/C53H36N2S/c1-53(2)45-24-13-23-40(51(45)44-29-34-16-6-7-17-35(34)30-46(44)53)36-18-12-19-38(28-36)47-32-48(55-52(54-47)33-14-4-3-5-15-33)41-21-9-8-20-39(41)37-26-27-43-42-22-10-11-25-49(42)56-50(43)31-37/h3-32H,1-2H3. The highest BCUT2D eigenvalue weighted by atomic mass is 32.1. The number of benzene rings is 8. The molecule has 0 aliphatic heterocycles. The monoisotopic (exact) mass is 732 g/mol. The van der Waals surface area contributed by atoms with Crippen LogP contribution in [0, 0.1) is 0 Å². The second kappa shape index (κ2) is 12.7. The molecule has 264 valence electrons. The molecule has 1 aliphatic carbocycles. The van der Waals surface area contributed by atoms with Gasteiger partial charge in [0.05, 0.1) is 11.4 Å². The SMILES string of the molecule is CC1(C)c2cc3ccccc3cc2-c2c(-c3cccc(-c4cc(-c5ccccc5-c5ccc6c(c5)sc5ccccc56)nc(-c5ccccc5)n4)c3)cccc21. The Morgan fingerprint density at radius 2 is 1.04 bits per heavy atom. The highest BCUT2D eigenvalue weighted by Crippen LogP contribution is 2.53. The lowest BCUT2D eigenvalue weighted by molar-refractivity contribution is 0.661. The summed E-state index contributed by atoms with van der Waals surface area (Å²) in [5, 5.41) is 5.16. The fourth-order valence-electron chi connectivity index (χ4n) is 8.86. The van der Waals surface area contributed by atoms with E-state index >= 15 is 0 Å². The van der Waals surface area contributed by atoms with Gasteiger partial charge < -0.3 is 0 Å². The number of rotatable bonds is 5. The first-order valence-electron chi connectivity index (χ1n) is 19.2. The average molecular weight is 733 g/mol. The van der Waals surface area contributed by atoms with E-state index in [2.05, 4.69) is 190 Å². The second-order valence-corrected chi connectivity index (χ2v) is 16.4. The van der Waals surface area contributed by atoms with Gasteiger partial charge in [-0.05, 0) is 91.7 Å². The topological polar surface area (TPSA) is 25.8 Å². The van der Waals surface area contributed by atoms with E-state index in [-0.39, 0.29) is 5.41 Å². The third-order valence-electron chi connectivity index (χ3n) is 11.7. The normalized spacial score (nSPS) is 13.0. The molecule has 0 saturated heterocycles. The highest BCUT2D eigenvalue weighted by Gasteiger charge is 2.37. The summed E-state index contributed by atoms with van der Waals surface area (Å²) in [5.41, 5.74) is 15.0. The summed E-state index contributed by atoms with van der Waals surface area (Å²) in [6.45, 7) is 4.72. The number of thiophene rings is 1. The van der Waals surface area contributed by atoms with Crippen molar-refractivity contribution in [1.29, 1.82) is 0 Å². The maximum atomic E-state index is 5.27.